The van der Waals surface area contributed by atoms with Gasteiger partial charge in [0.1, 0.15) is 0 Å². The van der Waals surface area contributed by atoms with E-state index in [1.165, 1.54) is 22.5 Å². The van der Waals surface area contributed by atoms with Gasteiger partial charge in [-0.3, -0.25) is 9.10 Å². The summed E-state index contributed by atoms with van der Waals surface area (Å²) in [6.45, 7) is 0.426. The first-order valence-electron chi connectivity index (χ1n) is 9.39. The SMILES string of the molecule is O=C(/C=C/c1ccc(Cl)cc1)Nc1ccc(S(=O)(=O)N2CCc3ccccc32)cc1. The van der Waals surface area contributed by atoms with Gasteiger partial charge in [-0.2, -0.15) is 0 Å². The summed E-state index contributed by atoms with van der Waals surface area (Å²) < 4.78 is 27.5. The predicted molar refractivity (Wildman–Crippen MR) is 120 cm³/mol. The normalized spacial score (nSPS) is 13.4. The van der Waals surface area contributed by atoms with E-state index in [9.17, 15) is 13.2 Å². The fourth-order valence-corrected chi connectivity index (χ4v) is 4.95. The number of benzene rings is 3. The Bertz CT molecular complexity index is 1200. The van der Waals surface area contributed by atoms with Crippen molar-refractivity contribution in [3.8, 4) is 0 Å². The molecule has 30 heavy (non-hydrogen) atoms. The molecule has 0 bridgehead atoms. The van der Waals surface area contributed by atoms with Gasteiger partial charge in [-0.25, -0.2) is 8.42 Å². The van der Waals surface area contributed by atoms with Gasteiger partial charge in [0, 0.05) is 23.3 Å². The van der Waals surface area contributed by atoms with Crippen molar-refractivity contribution in [1.82, 2.24) is 0 Å². The second-order valence-corrected chi connectivity index (χ2v) is 9.15. The minimum absolute atomic E-state index is 0.189. The molecule has 0 atom stereocenters. The molecule has 1 aliphatic heterocycles. The molecule has 0 saturated carbocycles. The number of anilines is 2. The molecule has 0 aromatic heterocycles. The number of hydrogen-bond acceptors (Lipinski definition) is 3. The molecular weight excluding hydrogens is 420 g/mol. The predicted octanol–water partition coefficient (Wildman–Crippen LogP) is 4.74. The Balaban J connectivity index is 1.45. The largest absolute Gasteiger partial charge is 0.323 e. The standard InChI is InChI=1S/C23H19ClN2O3S/c24-19-8-5-17(6-9-19)7-14-23(27)25-20-10-12-21(13-11-20)30(28,29)26-16-15-18-3-1-2-4-22(18)26/h1-14H,15-16H2,(H,25,27)/b14-7+. The lowest BCUT2D eigenvalue weighted by molar-refractivity contribution is -0.111. The van der Waals surface area contributed by atoms with Gasteiger partial charge in [-0.1, -0.05) is 41.9 Å². The van der Waals surface area contributed by atoms with Crippen LogP contribution in [0, 0.1) is 0 Å². The third kappa shape index (κ3) is 4.25. The van der Waals surface area contributed by atoms with E-state index in [0.29, 0.717) is 23.7 Å². The zero-order valence-electron chi connectivity index (χ0n) is 16.0. The van der Waals surface area contributed by atoms with E-state index >= 15 is 0 Å². The first-order chi connectivity index (χ1) is 14.4. The van der Waals surface area contributed by atoms with Crippen LogP contribution in [0.3, 0.4) is 0 Å². The van der Waals surface area contributed by atoms with E-state index in [2.05, 4.69) is 5.32 Å². The van der Waals surface area contributed by atoms with Crippen LogP contribution in [0.1, 0.15) is 11.1 Å². The van der Waals surface area contributed by atoms with Crippen molar-refractivity contribution in [2.24, 2.45) is 0 Å². The number of para-hydroxylation sites is 1. The van der Waals surface area contributed by atoms with Crippen LogP contribution >= 0.6 is 11.6 Å². The quantitative estimate of drug-likeness (QED) is 0.585. The van der Waals surface area contributed by atoms with Crippen LogP contribution in [0.5, 0.6) is 0 Å². The Morgan fingerprint density at radius 1 is 0.967 bits per heavy atom. The number of halogens is 1. The summed E-state index contributed by atoms with van der Waals surface area (Å²) in [5.41, 5.74) is 3.11. The summed E-state index contributed by atoms with van der Waals surface area (Å²) >= 11 is 5.84. The fraction of sp³-hybridized carbons (Fsp3) is 0.0870. The van der Waals surface area contributed by atoms with Gasteiger partial charge in [-0.05, 0) is 66.1 Å². The topological polar surface area (TPSA) is 66.5 Å². The molecule has 3 aromatic carbocycles. The zero-order valence-corrected chi connectivity index (χ0v) is 17.5. The van der Waals surface area contributed by atoms with Gasteiger partial charge in [-0.15, -0.1) is 0 Å². The molecule has 0 spiro atoms. The average Bonchev–Trinajstić information content (AvgIpc) is 3.19. The third-order valence-corrected chi connectivity index (χ3v) is 6.93. The van der Waals surface area contributed by atoms with Gasteiger partial charge < -0.3 is 5.32 Å². The van der Waals surface area contributed by atoms with Crippen LogP contribution in [0.15, 0.2) is 83.8 Å². The maximum atomic E-state index is 13.0. The van der Waals surface area contributed by atoms with Crippen LogP contribution in [0.4, 0.5) is 11.4 Å². The lowest BCUT2D eigenvalue weighted by Crippen LogP contribution is -2.29. The Morgan fingerprint density at radius 3 is 2.40 bits per heavy atom. The van der Waals surface area contributed by atoms with Crippen LogP contribution in [0.2, 0.25) is 5.02 Å². The highest BCUT2D eigenvalue weighted by molar-refractivity contribution is 7.92. The highest BCUT2D eigenvalue weighted by Crippen LogP contribution is 2.32. The van der Waals surface area contributed by atoms with Crippen molar-refractivity contribution in [3.05, 3.63) is 95.0 Å². The fourth-order valence-electron chi connectivity index (χ4n) is 3.32. The molecule has 7 heteroatoms. The van der Waals surface area contributed by atoms with Crippen molar-refractivity contribution in [2.45, 2.75) is 11.3 Å². The van der Waals surface area contributed by atoms with Crippen LogP contribution < -0.4 is 9.62 Å². The van der Waals surface area contributed by atoms with E-state index in [1.54, 1.807) is 30.3 Å². The molecule has 1 amide bonds. The number of nitrogens with one attached hydrogen (secondary N) is 1. The van der Waals surface area contributed by atoms with Crippen LogP contribution in [-0.2, 0) is 21.2 Å². The highest BCUT2D eigenvalue weighted by atomic mass is 35.5. The minimum Gasteiger partial charge on any atom is -0.323 e. The molecule has 1 heterocycles. The maximum Gasteiger partial charge on any atom is 0.264 e. The molecule has 5 nitrogen and oxygen atoms in total. The summed E-state index contributed by atoms with van der Waals surface area (Å²) in [5.74, 6) is -0.311. The van der Waals surface area contributed by atoms with Crippen molar-refractivity contribution < 1.29 is 13.2 Å². The van der Waals surface area contributed by atoms with Crippen LogP contribution in [-0.4, -0.2) is 20.9 Å². The number of amides is 1. The summed E-state index contributed by atoms with van der Waals surface area (Å²) in [6.07, 6.45) is 3.79. The third-order valence-electron chi connectivity index (χ3n) is 4.85. The molecule has 152 valence electrons. The summed E-state index contributed by atoms with van der Waals surface area (Å²) in [5, 5.41) is 3.36. The Labute approximate surface area is 180 Å². The maximum absolute atomic E-state index is 13.0. The van der Waals surface area contributed by atoms with Crippen molar-refractivity contribution >= 4 is 45.0 Å². The molecule has 1 aliphatic rings. The Hall–Kier alpha value is -3.09. The molecule has 0 fully saturated rings. The van der Waals surface area contributed by atoms with Gasteiger partial charge in [0.25, 0.3) is 10.0 Å². The zero-order chi connectivity index (χ0) is 21.1. The van der Waals surface area contributed by atoms with E-state index in [0.717, 1.165) is 16.8 Å². The molecule has 0 radical (unpaired) electrons. The highest BCUT2D eigenvalue weighted by Gasteiger charge is 2.30. The van der Waals surface area contributed by atoms with Gasteiger partial charge in [0.05, 0.1) is 10.6 Å². The number of carbonyl (C=O) groups is 1. The summed E-state index contributed by atoms with van der Waals surface area (Å²) in [7, 11) is -3.65. The lowest BCUT2D eigenvalue weighted by Gasteiger charge is -2.19. The number of nitrogens with zero attached hydrogens (tertiary/aromatic N) is 1. The number of sulfonamides is 1. The first-order valence-corrected chi connectivity index (χ1v) is 11.2. The smallest absolute Gasteiger partial charge is 0.264 e. The van der Waals surface area contributed by atoms with Crippen molar-refractivity contribution in [3.63, 3.8) is 0 Å². The van der Waals surface area contributed by atoms with Gasteiger partial charge in [0.2, 0.25) is 5.91 Å². The molecule has 3 aromatic rings. The number of fused-ring (bicyclic) bond motifs is 1. The van der Waals surface area contributed by atoms with Crippen molar-refractivity contribution in [1.29, 1.82) is 0 Å². The van der Waals surface area contributed by atoms with Crippen molar-refractivity contribution in [2.75, 3.05) is 16.2 Å². The van der Waals surface area contributed by atoms with E-state index in [1.807, 2.05) is 36.4 Å². The Morgan fingerprint density at radius 2 is 1.67 bits per heavy atom. The lowest BCUT2D eigenvalue weighted by atomic mass is 10.2. The number of hydrogen-bond donors (Lipinski definition) is 1. The summed E-state index contributed by atoms with van der Waals surface area (Å²) in [4.78, 5) is 12.3. The average molecular weight is 439 g/mol. The molecular formula is C23H19ClN2O3S. The van der Waals surface area contributed by atoms with Crippen LogP contribution in [0.25, 0.3) is 6.08 Å². The molecule has 4 rings (SSSR count). The summed E-state index contributed by atoms with van der Waals surface area (Å²) in [6, 6.07) is 20.8. The van der Waals surface area contributed by atoms with E-state index < -0.39 is 10.0 Å². The number of rotatable bonds is 5. The molecule has 0 aliphatic carbocycles. The van der Waals surface area contributed by atoms with Gasteiger partial charge in [0.15, 0.2) is 0 Å². The second kappa shape index (κ2) is 8.34. The van der Waals surface area contributed by atoms with Gasteiger partial charge >= 0.3 is 0 Å². The monoisotopic (exact) mass is 438 g/mol. The molecule has 0 saturated heterocycles. The molecule has 1 N–H and O–H groups in total. The van der Waals surface area contributed by atoms with E-state index in [-0.39, 0.29) is 10.8 Å². The first kappa shape index (κ1) is 20.2. The van der Waals surface area contributed by atoms with E-state index in [4.69, 9.17) is 11.6 Å². The number of carbonyl (C=O) groups excluding carboxylic acids is 1. The molecule has 0 unspecified atom stereocenters. The minimum atomic E-state index is -3.65. The second-order valence-electron chi connectivity index (χ2n) is 6.85. The Kier molecular flexibility index (Phi) is 5.61.